The molecule has 0 unspecified atom stereocenters. The van der Waals surface area contributed by atoms with E-state index < -0.39 is 0 Å². The fourth-order valence-corrected chi connectivity index (χ4v) is 0.784. The van der Waals surface area contributed by atoms with Gasteiger partial charge in [0, 0.05) is 5.70 Å². The number of carbonyl (C=O) groups is 1. The first-order valence-electron chi connectivity index (χ1n) is 5.08. The molecule has 0 rings (SSSR count). The topological polar surface area (TPSA) is 52.3 Å². The van der Waals surface area contributed by atoms with Crippen LogP contribution in [0.4, 0.5) is 0 Å². The van der Waals surface area contributed by atoms with Gasteiger partial charge in [-0.1, -0.05) is 39.2 Å². The van der Waals surface area contributed by atoms with E-state index in [1.807, 2.05) is 0 Å². The van der Waals surface area contributed by atoms with Crippen molar-refractivity contribution < 1.29 is 9.53 Å². The summed E-state index contributed by atoms with van der Waals surface area (Å²) >= 11 is 0. The maximum atomic E-state index is 11.2. The minimum Gasteiger partial charge on any atom is -0.461 e. The van der Waals surface area contributed by atoms with E-state index in [1.165, 1.54) is 0 Å². The Bertz CT molecular complexity index is 325. The highest BCUT2D eigenvalue weighted by Crippen LogP contribution is 2.01. The van der Waals surface area contributed by atoms with E-state index in [0.717, 1.165) is 0 Å². The zero-order valence-electron chi connectivity index (χ0n) is 9.90. The summed E-state index contributed by atoms with van der Waals surface area (Å²) in [5, 5.41) is 0. The first-order valence-corrected chi connectivity index (χ1v) is 5.08. The third-order valence-corrected chi connectivity index (χ3v) is 1.69. The molecule has 0 atom stereocenters. The van der Waals surface area contributed by atoms with Crippen molar-refractivity contribution in [2.45, 2.75) is 13.8 Å². The van der Waals surface area contributed by atoms with Gasteiger partial charge >= 0.3 is 5.97 Å². The van der Waals surface area contributed by atoms with E-state index in [-0.39, 0.29) is 18.5 Å². The van der Waals surface area contributed by atoms with Gasteiger partial charge in [-0.3, -0.25) is 4.79 Å². The molecule has 0 aromatic heterocycles. The van der Waals surface area contributed by atoms with Crippen LogP contribution in [-0.4, -0.2) is 12.6 Å². The molecule has 0 spiro atoms. The van der Waals surface area contributed by atoms with E-state index in [1.54, 1.807) is 38.2 Å². The van der Waals surface area contributed by atoms with Gasteiger partial charge in [-0.05, 0) is 17.7 Å². The Hall–Kier alpha value is -1.77. The monoisotopic (exact) mass is 221 g/mol. The second-order valence-electron chi connectivity index (χ2n) is 3.66. The summed E-state index contributed by atoms with van der Waals surface area (Å²) in [7, 11) is 0. The molecule has 0 saturated carbocycles. The predicted octanol–water partition coefficient (Wildman–Crippen LogP) is 2.33. The Morgan fingerprint density at radius 3 is 2.56 bits per heavy atom. The van der Waals surface area contributed by atoms with Gasteiger partial charge in [0.05, 0.1) is 5.92 Å². The van der Waals surface area contributed by atoms with Crippen LogP contribution in [0.5, 0.6) is 0 Å². The molecule has 0 aromatic rings. The molecule has 88 valence electrons. The Balaban J connectivity index is 4.05. The number of carbonyl (C=O) groups excluding carboxylic acids is 1. The lowest BCUT2D eigenvalue weighted by Gasteiger charge is -2.06. The van der Waals surface area contributed by atoms with Gasteiger partial charge in [0.25, 0.3) is 0 Å². The van der Waals surface area contributed by atoms with Crippen LogP contribution in [0.3, 0.4) is 0 Å². The average molecular weight is 221 g/mol. The van der Waals surface area contributed by atoms with Crippen molar-refractivity contribution in [3.05, 3.63) is 48.7 Å². The van der Waals surface area contributed by atoms with Gasteiger partial charge in [-0.2, -0.15) is 0 Å². The van der Waals surface area contributed by atoms with E-state index in [9.17, 15) is 4.79 Å². The fourth-order valence-electron chi connectivity index (χ4n) is 0.784. The largest absolute Gasteiger partial charge is 0.461 e. The summed E-state index contributed by atoms with van der Waals surface area (Å²) < 4.78 is 4.99. The number of allylic oxidation sites excluding steroid dienone is 3. The molecule has 16 heavy (non-hydrogen) atoms. The molecule has 0 aliphatic heterocycles. The van der Waals surface area contributed by atoms with E-state index >= 15 is 0 Å². The Morgan fingerprint density at radius 1 is 1.44 bits per heavy atom. The van der Waals surface area contributed by atoms with Gasteiger partial charge in [0.15, 0.2) is 0 Å². The van der Waals surface area contributed by atoms with Crippen LogP contribution in [0, 0.1) is 5.92 Å². The van der Waals surface area contributed by atoms with Crippen LogP contribution in [0.2, 0.25) is 0 Å². The third-order valence-electron chi connectivity index (χ3n) is 1.69. The number of hydrogen-bond donors (Lipinski definition) is 1. The van der Waals surface area contributed by atoms with Crippen LogP contribution in [0.25, 0.3) is 0 Å². The Kier molecular flexibility index (Phi) is 6.68. The molecule has 0 heterocycles. The van der Waals surface area contributed by atoms with E-state index in [4.69, 9.17) is 10.5 Å². The molecule has 0 bridgehead atoms. The normalized spacial score (nSPS) is 11.8. The molecular weight excluding hydrogens is 202 g/mol. The summed E-state index contributed by atoms with van der Waals surface area (Å²) in [5.74, 6) is -0.355. The Labute approximate surface area is 97.0 Å². The maximum absolute atomic E-state index is 11.2. The van der Waals surface area contributed by atoms with E-state index in [0.29, 0.717) is 11.3 Å². The van der Waals surface area contributed by atoms with Crippen molar-refractivity contribution in [1.82, 2.24) is 0 Å². The van der Waals surface area contributed by atoms with Crippen LogP contribution < -0.4 is 5.73 Å². The molecule has 0 aliphatic rings. The number of ether oxygens (including phenoxy) is 1. The summed E-state index contributed by atoms with van der Waals surface area (Å²) in [4.78, 5) is 11.2. The van der Waals surface area contributed by atoms with Crippen LogP contribution in [0.1, 0.15) is 13.8 Å². The molecule has 0 fully saturated rings. The molecule has 0 aromatic carbocycles. The lowest BCUT2D eigenvalue weighted by molar-refractivity contribution is -0.146. The van der Waals surface area contributed by atoms with Crippen molar-refractivity contribution in [1.29, 1.82) is 0 Å². The van der Waals surface area contributed by atoms with Crippen molar-refractivity contribution in [2.24, 2.45) is 11.7 Å². The molecule has 0 radical (unpaired) electrons. The quantitative estimate of drug-likeness (QED) is 0.553. The molecular formula is C13H19NO2. The summed E-state index contributed by atoms with van der Waals surface area (Å²) in [6, 6.07) is 0. The standard InChI is InChI=1S/C13H19NO2/c1-5-6-12(14)8-7-11(4)9-16-13(15)10(2)3/h5-8,10H,1,4,9,14H2,2-3H3/b8-7-,12-6+. The van der Waals surface area contributed by atoms with Crippen LogP contribution >= 0.6 is 0 Å². The third kappa shape index (κ3) is 6.65. The summed E-state index contributed by atoms with van der Waals surface area (Å²) in [6.07, 6.45) is 6.67. The fraction of sp³-hybridized carbons (Fsp3) is 0.308. The second-order valence-corrected chi connectivity index (χ2v) is 3.66. The summed E-state index contributed by atoms with van der Waals surface area (Å²) in [5.41, 5.74) is 6.86. The maximum Gasteiger partial charge on any atom is 0.308 e. The molecule has 0 amide bonds. The molecule has 3 heteroatoms. The highest BCUT2D eigenvalue weighted by Gasteiger charge is 2.07. The SMILES string of the molecule is C=C/C=C(N)\C=C/C(=C)COC(=O)C(C)C. The van der Waals surface area contributed by atoms with Crippen LogP contribution in [0.15, 0.2) is 48.7 Å². The zero-order chi connectivity index (χ0) is 12.6. The number of rotatable bonds is 6. The molecule has 3 nitrogen and oxygen atoms in total. The highest BCUT2D eigenvalue weighted by atomic mass is 16.5. The number of nitrogens with two attached hydrogens (primary N) is 1. The van der Waals surface area contributed by atoms with Crippen molar-refractivity contribution in [3.63, 3.8) is 0 Å². The number of esters is 1. The van der Waals surface area contributed by atoms with Crippen molar-refractivity contribution >= 4 is 5.97 Å². The zero-order valence-corrected chi connectivity index (χ0v) is 9.90. The molecule has 2 N–H and O–H groups in total. The smallest absolute Gasteiger partial charge is 0.308 e. The minimum atomic E-state index is -0.232. The first-order chi connectivity index (χ1) is 7.47. The highest BCUT2D eigenvalue weighted by molar-refractivity contribution is 5.71. The lowest BCUT2D eigenvalue weighted by atomic mass is 10.2. The van der Waals surface area contributed by atoms with Crippen molar-refractivity contribution in [3.8, 4) is 0 Å². The lowest BCUT2D eigenvalue weighted by Crippen LogP contribution is -2.12. The average Bonchev–Trinajstić information content (AvgIpc) is 2.23. The van der Waals surface area contributed by atoms with E-state index in [2.05, 4.69) is 13.2 Å². The van der Waals surface area contributed by atoms with Gasteiger partial charge < -0.3 is 10.5 Å². The van der Waals surface area contributed by atoms with Crippen molar-refractivity contribution in [2.75, 3.05) is 6.61 Å². The minimum absolute atomic E-state index is 0.123. The predicted molar refractivity (Wildman–Crippen MR) is 66.5 cm³/mol. The van der Waals surface area contributed by atoms with Crippen LogP contribution in [-0.2, 0) is 9.53 Å². The second kappa shape index (κ2) is 7.51. The Morgan fingerprint density at radius 2 is 2.06 bits per heavy atom. The first kappa shape index (κ1) is 14.2. The number of hydrogen-bond acceptors (Lipinski definition) is 3. The van der Waals surface area contributed by atoms with Gasteiger partial charge in [-0.25, -0.2) is 0 Å². The molecule has 0 saturated heterocycles. The van der Waals surface area contributed by atoms with Gasteiger partial charge in [-0.15, -0.1) is 0 Å². The van der Waals surface area contributed by atoms with Gasteiger partial charge in [0.2, 0.25) is 0 Å². The molecule has 0 aliphatic carbocycles. The summed E-state index contributed by atoms with van der Waals surface area (Å²) in [6.45, 7) is 11.0. The van der Waals surface area contributed by atoms with Gasteiger partial charge in [0.1, 0.15) is 6.61 Å².